The van der Waals surface area contributed by atoms with E-state index in [2.05, 4.69) is 36.1 Å². The molecule has 19 heavy (non-hydrogen) atoms. The van der Waals surface area contributed by atoms with Gasteiger partial charge in [0.15, 0.2) is 5.65 Å². The van der Waals surface area contributed by atoms with Crippen molar-refractivity contribution in [1.82, 2.24) is 29.4 Å². The highest BCUT2D eigenvalue weighted by atomic mass is 79.9. The maximum absolute atomic E-state index is 4.60. The molecule has 0 aliphatic rings. The number of hydrogen-bond donors (Lipinski definition) is 0. The van der Waals surface area contributed by atoms with Gasteiger partial charge in [0.05, 0.1) is 16.1 Å². The molecule has 0 aromatic carbocycles. The average Bonchev–Trinajstić information content (AvgIpc) is 3.06. The van der Waals surface area contributed by atoms with E-state index in [1.54, 1.807) is 33.1 Å². The smallest absolute Gasteiger partial charge is 0.201 e. The Kier molecular flexibility index (Phi) is 2.24. The first-order valence-corrected chi connectivity index (χ1v) is 7.18. The summed E-state index contributed by atoms with van der Waals surface area (Å²) in [4.78, 5) is 9.93. The number of fused-ring (bicyclic) bond motifs is 3. The molecule has 0 aliphatic heterocycles. The zero-order chi connectivity index (χ0) is 13.0. The molecule has 0 atom stereocenters. The van der Waals surface area contributed by atoms with Crippen molar-refractivity contribution in [2.75, 3.05) is 0 Å². The van der Waals surface area contributed by atoms with Crippen LogP contribution in [0.2, 0.25) is 0 Å². The Labute approximate surface area is 119 Å². The molecular formula is C11H7BrN6S. The molecule has 8 heteroatoms. The zero-order valence-corrected chi connectivity index (χ0v) is 12.2. The largest absolute Gasteiger partial charge is 0.263 e. The van der Waals surface area contributed by atoms with Crippen molar-refractivity contribution in [1.29, 1.82) is 0 Å². The van der Waals surface area contributed by atoms with E-state index in [9.17, 15) is 0 Å². The van der Waals surface area contributed by atoms with Gasteiger partial charge in [0, 0.05) is 7.05 Å². The first-order valence-electron chi connectivity index (χ1n) is 5.50. The quantitative estimate of drug-likeness (QED) is 0.536. The Balaban J connectivity index is 2.07. The lowest BCUT2D eigenvalue weighted by Crippen LogP contribution is -1.95. The molecule has 0 spiro atoms. The van der Waals surface area contributed by atoms with Crippen LogP contribution < -0.4 is 0 Å². The van der Waals surface area contributed by atoms with Crippen molar-refractivity contribution in [3.8, 4) is 11.5 Å². The van der Waals surface area contributed by atoms with Crippen LogP contribution in [0.15, 0.2) is 28.4 Å². The molecule has 94 valence electrons. The minimum Gasteiger partial charge on any atom is -0.263 e. The van der Waals surface area contributed by atoms with E-state index in [-0.39, 0.29) is 0 Å². The number of aryl methyl sites for hydroxylation is 1. The third kappa shape index (κ3) is 1.53. The van der Waals surface area contributed by atoms with Crippen LogP contribution >= 0.6 is 27.3 Å². The van der Waals surface area contributed by atoms with Crippen molar-refractivity contribution in [2.24, 2.45) is 7.05 Å². The van der Waals surface area contributed by atoms with Gasteiger partial charge >= 0.3 is 0 Å². The number of rotatable bonds is 1. The van der Waals surface area contributed by atoms with E-state index in [0.29, 0.717) is 5.82 Å². The average molecular weight is 335 g/mol. The molecule has 6 nitrogen and oxygen atoms in total. The standard InChI is InChI=1S/C11H7BrN6S/c1-17-8(7(12)4-14-17)9-15-10-6-2-3-19-11(6)13-5-18(10)16-9/h2-5H,1H3. The number of thiophene rings is 1. The van der Waals surface area contributed by atoms with Crippen LogP contribution in [0.3, 0.4) is 0 Å². The molecule has 0 fully saturated rings. The zero-order valence-electron chi connectivity index (χ0n) is 9.78. The molecule has 0 N–H and O–H groups in total. The molecule has 0 aliphatic carbocycles. The first-order chi connectivity index (χ1) is 9.24. The second-order valence-corrected chi connectivity index (χ2v) is 5.80. The molecule has 0 unspecified atom stereocenters. The predicted molar refractivity (Wildman–Crippen MR) is 76.1 cm³/mol. The van der Waals surface area contributed by atoms with E-state index >= 15 is 0 Å². The Morgan fingerprint density at radius 2 is 2.26 bits per heavy atom. The van der Waals surface area contributed by atoms with Crippen molar-refractivity contribution in [3.05, 3.63) is 28.4 Å². The summed E-state index contributed by atoms with van der Waals surface area (Å²) in [5.41, 5.74) is 1.67. The van der Waals surface area contributed by atoms with Crippen molar-refractivity contribution < 1.29 is 0 Å². The van der Waals surface area contributed by atoms with E-state index < -0.39 is 0 Å². The third-order valence-corrected chi connectivity index (χ3v) is 4.31. The second kappa shape index (κ2) is 3.84. The van der Waals surface area contributed by atoms with Gasteiger partial charge in [-0.3, -0.25) is 4.68 Å². The molecule has 4 aromatic rings. The Bertz CT molecular complexity index is 885. The summed E-state index contributed by atoms with van der Waals surface area (Å²) in [6.45, 7) is 0. The summed E-state index contributed by atoms with van der Waals surface area (Å²) in [6, 6.07) is 2.01. The summed E-state index contributed by atoms with van der Waals surface area (Å²) in [5.74, 6) is 0.632. The van der Waals surface area contributed by atoms with Crippen molar-refractivity contribution in [2.45, 2.75) is 0 Å². The van der Waals surface area contributed by atoms with Gasteiger partial charge in [-0.1, -0.05) is 0 Å². The summed E-state index contributed by atoms with van der Waals surface area (Å²) < 4.78 is 4.32. The Hall–Kier alpha value is -1.80. The van der Waals surface area contributed by atoms with Gasteiger partial charge in [0.25, 0.3) is 0 Å². The third-order valence-electron chi connectivity index (χ3n) is 2.91. The van der Waals surface area contributed by atoms with Crippen LogP contribution in [0.1, 0.15) is 0 Å². The van der Waals surface area contributed by atoms with Crippen LogP contribution in [-0.4, -0.2) is 29.4 Å². The normalized spacial score (nSPS) is 11.7. The highest BCUT2D eigenvalue weighted by Crippen LogP contribution is 2.27. The molecule has 4 heterocycles. The fraction of sp³-hybridized carbons (Fsp3) is 0.0909. The molecule has 0 bridgehead atoms. The van der Waals surface area contributed by atoms with Crippen molar-refractivity contribution >= 4 is 43.1 Å². The molecule has 4 rings (SSSR count). The van der Waals surface area contributed by atoms with Crippen LogP contribution in [-0.2, 0) is 7.05 Å². The summed E-state index contributed by atoms with van der Waals surface area (Å²) in [7, 11) is 1.87. The Morgan fingerprint density at radius 1 is 1.37 bits per heavy atom. The molecule has 0 saturated heterocycles. The van der Waals surface area contributed by atoms with Gasteiger partial charge in [-0.15, -0.1) is 16.4 Å². The number of hydrogen-bond acceptors (Lipinski definition) is 5. The van der Waals surface area contributed by atoms with Crippen LogP contribution in [0.25, 0.3) is 27.4 Å². The lowest BCUT2D eigenvalue weighted by molar-refractivity contribution is 0.768. The van der Waals surface area contributed by atoms with Gasteiger partial charge in [-0.05, 0) is 27.4 Å². The molecular weight excluding hydrogens is 328 g/mol. The second-order valence-electron chi connectivity index (χ2n) is 4.05. The highest BCUT2D eigenvalue weighted by Gasteiger charge is 2.16. The molecule has 0 saturated carbocycles. The van der Waals surface area contributed by atoms with Crippen LogP contribution in [0.5, 0.6) is 0 Å². The van der Waals surface area contributed by atoms with E-state index in [1.165, 1.54) is 0 Å². The number of halogens is 1. The molecule has 0 amide bonds. The lowest BCUT2D eigenvalue weighted by atomic mass is 10.4. The minimum atomic E-state index is 0.632. The van der Waals surface area contributed by atoms with Gasteiger partial charge < -0.3 is 0 Å². The summed E-state index contributed by atoms with van der Waals surface area (Å²) in [6.07, 6.45) is 3.42. The summed E-state index contributed by atoms with van der Waals surface area (Å²) in [5, 5.41) is 11.7. The van der Waals surface area contributed by atoms with E-state index in [4.69, 9.17) is 0 Å². The number of nitrogens with zero attached hydrogens (tertiary/aromatic N) is 6. The van der Waals surface area contributed by atoms with E-state index in [0.717, 1.165) is 26.0 Å². The molecule has 4 aromatic heterocycles. The van der Waals surface area contributed by atoms with E-state index in [1.807, 2.05) is 18.5 Å². The monoisotopic (exact) mass is 334 g/mol. The number of aromatic nitrogens is 6. The lowest BCUT2D eigenvalue weighted by Gasteiger charge is -1.95. The maximum Gasteiger partial charge on any atom is 0.201 e. The van der Waals surface area contributed by atoms with Gasteiger partial charge in [-0.25, -0.2) is 14.5 Å². The van der Waals surface area contributed by atoms with Crippen LogP contribution in [0.4, 0.5) is 0 Å². The highest BCUT2D eigenvalue weighted by molar-refractivity contribution is 9.10. The topological polar surface area (TPSA) is 60.9 Å². The van der Waals surface area contributed by atoms with Crippen molar-refractivity contribution in [3.63, 3.8) is 0 Å². The van der Waals surface area contributed by atoms with Crippen LogP contribution in [0, 0.1) is 0 Å². The molecule has 0 radical (unpaired) electrons. The maximum atomic E-state index is 4.60. The minimum absolute atomic E-state index is 0.632. The SMILES string of the molecule is Cn1ncc(Br)c1-c1nc2c3ccsc3ncn2n1. The predicted octanol–water partition coefficient (Wildman–Crippen LogP) is 2.50. The fourth-order valence-corrected chi connectivity index (χ4v) is 3.28. The van der Waals surface area contributed by atoms with Gasteiger partial charge in [0.1, 0.15) is 16.9 Å². The first kappa shape index (κ1) is 11.1. The van der Waals surface area contributed by atoms with Gasteiger partial charge in [-0.2, -0.15) is 5.10 Å². The Morgan fingerprint density at radius 3 is 3.05 bits per heavy atom. The fourth-order valence-electron chi connectivity index (χ4n) is 2.03. The summed E-state index contributed by atoms with van der Waals surface area (Å²) >= 11 is 5.06. The van der Waals surface area contributed by atoms with Gasteiger partial charge in [0.2, 0.25) is 5.82 Å².